The number of halogens is 1. The third kappa shape index (κ3) is 3.88. The number of hydrogen-bond donors (Lipinski definition) is 1. The quantitative estimate of drug-likeness (QED) is 0.635. The minimum absolute atomic E-state index is 0.125. The smallest absolute Gasteiger partial charge is 0.256 e. The van der Waals surface area contributed by atoms with Crippen LogP contribution in [0.25, 0.3) is 11.0 Å². The molecule has 1 aliphatic heterocycles. The Hall–Kier alpha value is -2.96. The highest BCUT2D eigenvalue weighted by molar-refractivity contribution is 6.12. The maximum absolute atomic E-state index is 14.2. The van der Waals surface area contributed by atoms with Gasteiger partial charge in [0.2, 0.25) is 0 Å². The fraction of sp³-hybridized carbons (Fsp3) is 0.435. The van der Waals surface area contributed by atoms with Crippen molar-refractivity contribution in [3.05, 3.63) is 47.5 Å². The van der Waals surface area contributed by atoms with Gasteiger partial charge in [0, 0.05) is 36.2 Å². The van der Waals surface area contributed by atoms with Crippen LogP contribution in [0, 0.1) is 5.82 Å². The average Bonchev–Trinajstić information content (AvgIpc) is 3.36. The summed E-state index contributed by atoms with van der Waals surface area (Å²) in [5.41, 5.74) is 3.28. The Bertz CT molecular complexity index is 1080. The molecule has 158 valence electrons. The van der Waals surface area contributed by atoms with Crippen LogP contribution in [0.15, 0.2) is 30.5 Å². The molecule has 7 heteroatoms. The van der Waals surface area contributed by atoms with Gasteiger partial charge in [0.1, 0.15) is 5.82 Å². The van der Waals surface area contributed by atoms with E-state index in [-0.39, 0.29) is 23.7 Å². The van der Waals surface area contributed by atoms with Crippen molar-refractivity contribution >= 4 is 28.3 Å². The minimum atomic E-state index is -0.356. The van der Waals surface area contributed by atoms with Gasteiger partial charge in [0.25, 0.3) is 5.91 Å². The van der Waals surface area contributed by atoms with E-state index in [1.165, 1.54) is 12.1 Å². The van der Waals surface area contributed by atoms with Gasteiger partial charge >= 0.3 is 0 Å². The highest BCUT2D eigenvalue weighted by atomic mass is 19.1. The summed E-state index contributed by atoms with van der Waals surface area (Å²) in [7, 11) is 0. The van der Waals surface area contributed by atoms with Crippen molar-refractivity contribution in [1.29, 1.82) is 0 Å². The van der Waals surface area contributed by atoms with Crippen LogP contribution < -0.4 is 10.2 Å². The first-order chi connectivity index (χ1) is 14.3. The Kier molecular flexibility index (Phi) is 5.45. The van der Waals surface area contributed by atoms with Gasteiger partial charge in [-0.25, -0.2) is 14.1 Å². The number of rotatable bonds is 5. The van der Waals surface area contributed by atoms with Gasteiger partial charge in [0.15, 0.2) is 5.65 Å². The zero-order chi connectivity index (χ0) is 21.4. The summed E-state index contributed by atoms with van der Waals surface area (Å²) in [6.07, 6.45) is 3.89. The van der Waals surface area contributed by atoms with Gasteiger partial charge in [-0.3, -0.25) is 4.79 Å². The Balaban J connectivity index is 1.71. The van der Waals surface area contributed by atoms with E-state index >= 15 is 0 Å². The molecule has 4 rings (SSSR count). The number of nitrogens with one attached hydrogen (secondary N) is 1. The molecule has 0 aliphatic carbocycles. The first-order valence-corrected chi connectivity index (χ1v) is 10.6. The Morgan fingerprint density at radius 1 is 1.10 bits per heavy atom. The third-order valence-corrected chi connectivity index (χ3v) is 5.52. The van der Waals surface area contributed by atoms with Crippen molar-refractivity contribution in [2.45, 2.75) is 52.5 Å². The second kappa shape index (κ2) is 8.05. The Morgan fingerprint density at radius 2 is 1.83 bits per heavy atom. The molecule has 1 aromatic carbocycles. The number of aromatic nitrogens is 3. The molecule has 0 bridgehead atoms. The number of carbonyl (C=O) groups is 1. The summed E-state index contributed by atoms with van der Waals surface area (Å²) in [5, 5.41) is 8.02. The molecule has 0 saturated carbocycles. The van der Waals surface area contributed by atoms with Gasteiger partial charge in [0.05, 0.1) is 17.1 Å². The fourth-order valence-corrected chi connectivity index (χ4v) is 3.90. The van der Waals surface area contributed by atoms with E-state index in [4.69, 9.17) is 4.98 Å². The molecular weight excluding hydrogens is 381 g/mol. The number of benzene rings is 1. The lowest BCUT2D eigenvalue weighted by molar-refractivity contribution is 0.102. The van der Waals surface area contributed by atoms with E-state index in [0.717, 1.165) is 37.3 Å². The second-order valence-electron chi connectivity index (χ2n) is 8.52. The zero-order valence-corrected chi connectivity index (χ0v) is 17.9. The number of pyridine rings is 1. The predicted molar refractivity (Wildman–Crippen MR) is 118 cm³/mol. The van der Waals surface area contributed by atoms with Crippen molar-refractivity contribution in [3.63, 3.8) is 0 Å². The summed E-state index contributed by atoms with van der Waals surface area (Å²) in [6.45, 7) is 9.97. The van der Waals surface area contributed by atoms with E-state index in [0.29, 0.717) is 22.3 Å². The largest absolute Gasteiger partial charge is 0.371 e. The first kappa shape index (κ1) is 20.3. The van der Waals surface area contributed by atoms with Gasteiger partial charge in [-0.15, -0.1) is 0 Å². The Labute approximate surface area is 176 Å². The first-order valence-electron chi connectivity index (χ1n) is 10.6. The lowest BCUT2D eigenvalue weighted by Crippen LogP contribution is -2.19. The van der Waals surface area contributed by atoms with Crippen LogP contribution in [0.3, 0.4) is 0 Å². The number of amides is 1. The predicted octanol–water partition coefficient (Wildman–Crippen LogP) is 5.13. The van der Waals surface area contributed by atoms with Gasteiger partial charge < -0.3 is 10.2 Å². The molecule has 3 heterocycles. The highest BCUT2D eigenvalue weighted by Crippen LogP contribution is 2.28. The molecule has 0 atom stereocenters. The molecule has 0 spiro atoms. The normalized spacial score (nSPS) is 14.3. The van der Waals surface area contributed by atoms with Gasteiger partial charge in [-0.2, -0.15) is 5.10 Å². The summed E-state index contributed by atoms with van der Waals surface area (Å²) >= 11 is 0. The van der Waals surface area contributed by atoms with Crippen LogP contribution in [0.2, 0.25) is 0 Å². The third-order valence-electron chi connectivity index (χ3n) is 5.52. The lowest BCUT2D eigenvalue weighted by atomic mass is 10.0. The SMILES string of the molecule is CC(C)c1cc(C(=O)Nc2cc(F)cc(N3CCCC3)c2)c2cnn(C(C)C)c2n1. The summed E-state index contributed by atoms with van der Waals surface area (Å²) in [4.78, 5) is 20.1. The molecule has 6 nitrogen and oxygen atoms in total. The Morgan fingerprint density at radius 3 is 2.50 bits per heavy atom. The standard InChI is InChI=1S/C23H28FN5O/c1-14(2)21-12-19(20-13-25-29(15(3)4)22(20)27-21)23(30)26-17-9-16(24)10-18(11-17)28-7-5-6-8-28/h9-15H,5-8H2,1-4H3,(H,26,30). The van der Waals surface area contributed by atoms with Crippen molar-refractivity contribution in [2.24, 2.45) is 0 Å². The van der Waals surface area contributed by atoms with Gasteiger partial charge in [-0.1, -0.05) is 13.8 Å². The summed E-state index contributed by atoms with van der Waals surface area (Å²) in [5.74, 6) is -0.483. The zero-order valence-electron chi connectivity index (χ0n) is 17.9. The molecule has 1 saturated heterocycles. The van der Waals surface area contributed by atoms with Crippen molar-refractivity contribution in [1.82, 2.24) is 14.8 Å². The topological polar surface area (TPSA) is 63.1 Å². The number of fused-ring (bicyclic) bond motifs is 1. The summed E-state index contributed by atoms with van der Waals surface area (Å²) < 4.78 is 16.1. The van der Waals surface area contributed by atoms with Gasteiger partial charge in [-0.05, 0) is 56.9 Å². The maximum atomic E-state index is 14.2. The van der Waals surface area contributed by atoms with Crippen LogP contribution in [0.1, 0.15) is 68.5 Å². The lowest BCUT2D eigenvalue weighted by Gasteiger charge is -2.19. The van der Waals surface area contributed by atoms with Crippen LogP contribution in [-0.2, 0) is 0 Å². The summed E-state index contributed by atoms with van der Waals surface area (Å²) in [6, 6.07) is 6.66. The van der Waals surface area contributed by atoms with Crippen molar-refractivity contribution < 1.29 is 9.18 Å². The van der Waals surface area contributed by atoms with Crippen LogP contribution >= 0.6 is 0 Å². The average molecular weight is 410 g/mol. The number of carbonyl (C=O) groups excluding carboxylic acids is 1. The van der Waals surface area contributed by atoms with Crippen molar-refractivity contribution in [3.8, 4) is 0 Å². The number of hydrogen-bond acceptors (Lipinski definition) is 4. The van der Waals surface area contributed by atoms with E-state index in [1.54, 1.807) is 6.20 Å². The van der Waals surface area contributed by atoms with E-state index in [2.05, 4.69) is 15.3 Å². The second-order valence-corrected chi connectivity index (χ2v) is 8.52. The molecular formula is C23H28FN5O. The molecule has 0 unspecified atom stereocenters. The minimum Gasteiger partial charge on any atom is -0.371 e. The van der Waals surface area contributed by atoms with Crippen LogP contribution in [0.4, 0.5) is 15.8 Å². The van der Waals surface area contributed by atoms with Crippen molar-refractivity contribution in [2.75, 3.05) is 23.3 Å². The molecule has 2 aromatic heterocycles. The number of anilines is 2. The molecule has 1 aliphatic rings. The fourth-order valence-electron chi connectivity index (χ4n) is 3.90. The molecule has 3 aromatic rings. The van der Waals surface area contributed by atoms with Crippen LogP contribution in [0.5, 0.6) is 0 Å². The maximum Gasteiger partial charge on any atom is 0.256 e. The molecule has 1 N–H and O–H groups in total. The molecule has 0 radical (unpaired) electrons. The molecule has 30 heavy (non-hydrogen) atoms. The van der Waals surface area contributed by atoms with E-state index in [9.17, 15) is 9.18 Å². The van der Waals surface area contributed by atoms with E-state index in [1.807, 2.05) is 44.5 Å². The molecule has 1 amide bonds. The van der Waals surface area contributed by atoms with E-state index < -0.39 is 0 Å². The van der Waals surface area contributed by atoms with Crippen LogP contribution in [-0.4, -0.2) is 33.8 Å². The highest BCUT2D eigenvalue weighted by Gasteiger charge is 2.20. The number of nitrogens with zero attached hydrogens (tertiary/aromatic N) is 4. The monoisotopic (exact) mass is 409 g/mol. The molecule has 1 fully saturated rings.